The van der Waals surface area contributed by atoms with E-state index in [1.807, 2.05) is 0 Å². The molecule has 6 nitrogen and oxygen atoms in total. The summed E-state index contributed by atoms with van der Waals surface area (Å²) in [6.07, 6.45) is 0. The molecule has 0 saturated carbocycles. The minimum Gasteiger partial charge on any atom is -0.506 e. The van der Waals surface area contributed by atoms with Crippen molar-refractivity contribution in [3.63, 3.8) is 0 Å². The van der Waals surface area contributed by atoms with E-state index in [4.69, 9.17) is 23.2 Å². The lowest BCUT2D eigenvalue weighted by Crippen LogP contribution is -2.27. The monoisotopic (exact) mass is 464 g/mol. The summed E-state index contributed by atoms with van der Waals surface area (Å²) in [5.41, 5.74) is 1.50. The van der Waals surface area contributed by atoms with E-state index in [0.717, 1.165) is 9.87 Å². The van der Waals surface area contributed by atoms with Crippen molar-refractivity contribution < 1.29 is 18.3 Å². The Morgan fingerprint density at radius 3 is 2.30 bits per heavy atom. The van der Waals surface area contributed by atoms with Crippen molar-refractivity contribution >= 4 is 50.5 Å². The molecule has 0 aliphatic carbocycles. The first-order chi connectivity index (χ1) is 14.1. The summed E-state index contributed by atoms with van der Waals surface area (Å²) in [4.78, 5) is 12.4. The van der Waals surface area contributed by atoms with Crippen LogP contribution >= 0.6 is 23.2 Å². The first-order valence-corrected chi connectivity index (χ1v) is 10.9. The molecule has 0 spiro atoms. The second-order valence-electron chi connectivity index (χ2n) is 6.57. The summed E-state index contributed by atoms with van der Waals surface area (Å²) in [7, 11) is -2.67. The van der Waals surface area contributed by atoms with Crippen LogP contribution in [0.5, 0.6) is 5.75 Å². The predicted molar refractivity (Wildman–Crippen MR) is 119 cm³/mol. The van der Waals surface area contributed by atoms with Crippen LogP contribution in [-0.4, -0.2) is 26.5 Å². The Bertz CT molecular complexity index is 1210. The van der Waals surface area contributed by atoms with Gasteiger partial charge in [-0.25, -0.2) is 8.42 Å². The highest BCUT2D eigenvalue weighted by Gasteiger charge is 2.25. The number of hydrogen-bond acceptors (Lipinski definition) is 4. The van der Waals surface area contributed by atoms with E-state index < -0.39 is 15.9 Å². The van der Waals surface area contributed by atoms with E-state index in [-0.39, 0.29) is 26.9 Å². The number of anilines is 2. The van der Waals surface area contributed by atoms with Gasteiger partial charge in [0.25, 0.3) is 15.9 Å². The van der Waals surface area contributed by atoms with E-state index in [9.17, 15) is 18.3 Å². The minimum atomic E-state index is -4.05. The molecule has 0 fully saturated rings. The average molecular weight is 465 g/mol. The molecule has 0 atom stereocenters. The Kier molecular flexibility index (Phi) is 6.26. The van der Waals surface area contributed by atoms with E-state index >= 15 is 0 Å². The molecule has 0 unspecified atom stereocenters. The van der Waals surface area contributed by atoms with Crippen LogP contribution in [0.3, 0.4) is 0 Å². The number of phenolic OH excluding ortho intramolecular Hbond substituents is 1. The van der Waals surface area contributed by atoms with E-state index in [1.54, 1.807) is 43.3 Å². The molecule has 9 heteroatoms. The maximum Gasteiger partial charge on any atom is 0.265 e. The van der Waals surface area contributed by atoms with Crippen LogP contribution in [0.15, 0.2) is 65.6 Å². The highest BCUT2D eigenvalue weighted by Crippen LogP contribution is 2.30. The number of benzene rings is 3. The van der Waals surface area contributed by atoms with Crippen molar-refractivity contribution in [3.8, 4) is 5.75 Å². The Labute approximate surface area is 184 Å². The highest BCUT2D eigenvalue weighted by molar-refractivity contribution is 7.93. The number of amides is 1. The molecule has 0 aliphatic heterocycles. The molecule has 0 bridgehead atoms. The molecule has 3 aromatic rings. The van der Waals surface area contributed by atoms with Gasteiger partial charge < -0.3 is 10.4 Å². The third-order valence-corrected chi connectivity index (χ3v) is 6.94. The molecule has 0 heterocycles. The first-order valence-electron chi connectivity index (χ1n) is 8.74. The molecule has 30 heavy (non-hydrogen) atoms. The first kappa shape index (κ1) is 22.0. The Hall–Kier alpha value is -2.74. The number of hydrogen-bond donors (Lipinski definition) is 2. The van der Waals surface area contributed by atoms with Gasteiger partial charge in [0.2, 0.25) is 0 Å². The van der Waals surface area contributed by atoms with Gasteiger partial charge in [0.15, 0.2) is 0 Å². The molecule has 3 rings (SSSR count). The fraction of sp³-hybridized carbons (Fsp3) is 0.0952. The Morgan fingerprint density at radius 2 is 1.67 bits per heavy atom. The third kappa shape index (κ3) is 4.53. The topological polar surface area (TPSA) is 86.7 Å². The van der Waals surface area contributed by atoms with Crippen LogP contribution in [-0.2, 0) is 10.0 Å². The van der Waals surface area contributed by atoms with Crippen molar-refractivity contribution in [3.05, 3.63) is 81.8 Å². The predicted octanol–water partition coefficient (Wildman–Crippen LogP) is 5.08. The van der Waals surface area contributed by atoms with Gasteiger partial charge in [-0.3, -0.25) is 9.10 Å². The lowest BCUT2D eigenvalue weighted by Gasteiger charge is -2.20. The summed E-state index contributed by atoms with van der Waals surface area (Å²) < 4.78 is 27.3. The number of phenols is 1. The maximum absolute atomic E-state index is 13.1. The van der Waals surface area contributed by atoms with Crippen molar-refractivity contribution in [1.82, 2.24) is 0 Å². The smallest absolute Gasteiger partial charge is 0.265 e. The minimum absolute atomic E-state index is 0.0226. The van der Waals surface area contributed by atoms with Gasteiger partial charge >= 0.3 is 0 Å². The molecule has 3 aromatic carbocycles. The molecule has 1 amide bonds. The van der Waals surface area contributed by atoms with Crippen LogP contribution < -0.4 is 9.62 Å². The lowest BCUT2D eigenvalue weighted by molar-refractivity contribution is 0.102. The summed E-state index contributed by atoms with van der Waals surface area (Å²) >= 11 is 12.0. The van der Waals surface area contributed by atoms with Crippen LogP contribution in [0.2, 0.25) is 10.0 Å². The van der Waals surface area contributed by atoms with Crippen LogP contribution in [0.4, 0.5) is 11.4 Å². The molecule has 156 valence electrons. The number of carbonyl (C=O) groups excluding carboxylic acids is 1. The zero-order valence-corrected chi connectivity index (χ0v) is 18.4. The Balaban J connectivity index is 1.94. The van der Waals surface area contributed by atoms with E-state index in [1.165, 1.54) is 31.3 Å². The molecule has 0 aromatic heterocycles. The van der Waals surface area contributed by atoms with Crippen molar-refractivity contribution in [2.45, 2.75) is 11.8 Å². The normalized spacial score (nSPS) is 11.2. The third-order valence-electron chi connectivity index (χ3n) is 4.42. The Morgan fingerprint density at radius 1 is 1.00 bits per heavy atom. The molecule has 2 N–H and O–H groups in total. The lowest BCUT2D eigenvalue weighted by atomic mass is 10.2. The van der Waals surface area contributed by atoms with Gasteiger partial charge in [-0.2, -0.15) is 0 Å². The fourth-order valence-electron chi connectivity index (χ4n) is 2.72. The number of rotatable bonds is 5. The SMILES string of the molecule is Cc1ccc(NC(=O)c2ccc(Cl)c(S(=O)(=O)N(C)c3ccc(Cl)cc3)c2)c(O)c1. The molecule has 0 aliphatic rings. The zero-order chi connectivity index (χ0) is 22.1. The summed E-state index contributed by atoms with van der Waals surface area (Å²) in [5.74, 6) is -0.677. The second-order valence-corrected chi connectivity index (χ2v) is 9.35. The molecule has 0 radical (unpaired) electrons. The van der Waals surface area contributed by atoms with E-state index in [0.29, 0.717) is 10.7 Å². The van der Waals surface area contributed by atoms with Crippen LogP contribution in [0.1, 0.15) is 15.9 Å². The molecular weight excluding hydrogens is 447 g/mol. The van der Waals surface area contributed by atoms with Crippen LogP contribution in [0, 0.1) is 6.92 Å². The zero-order valence-electron chi connectivity index (χ0n) is 16.1. The van der Waals surface area contributed by atoms with Gasteiger partial charge in [0.05, 0.1) is 16.4 Å². The standard InChI is InChI=1S/C21H18Cl2N2O4S/c1-13-3-10-18(19(26)11-13)24-21(27)14-4-9-17(23)20(12-14)30(28,29)25(2)16-7-5-15(22)6-8-16/h3-12,26H,1-2H3,(H,24,27). The van der Waals surface area contributed by atoms with Crippen LogP contribution in [0.25, 0.3) is 0 Å². The largest absolute Gasteiger partial charge is 0.506 e. The average Bonchev–Trinajstić information content (AvgIpc) is 2.70. The fourth-order valence-corrected chi connectivity index (χ4v) is 4.54. The van der Waals surface area contributed by atoms with Gasteiger partial charge in [-0.05, 0) is 67.1 Å². The number of nitrogens with zero attached hydrogens (tertiary/aromatic N) is 1. The number of sulfonamides is 1. The van der Waals surface area contributed by atoms with Gasteiger partial charge in [-0.1, -0.05) is 29.3 Å². The number of nitrogens with one attached hydrogen (secondary N) is 1. The maximum atomic E-state index is 13.1. The number of halogens is 2. The van der Waals surface area contributed by atoms with Gasteiger partial charge in [0, 0.05) is 17.6 Å². The number of aryl methyl sites for hydroxylation is 1. The summed E-state index contributed by atoms with van der Waals surface area (Å²) in [6, 6.07) is 15.0. The number of carbonyl (C=O) groups is 1. The molecule has 0 saturated heterocycles. The van der Waals surface area contributed by atoms with Gasteiger partial charge in [0.1, 0.15) is 10.6 Å². The van der Waals surface area contributed by atoms with Crippen molar-refractivity contribution in [2.75, 3.05) is 16.7 Å². The van der Waals surface area contributed by atoms with E-state index in [2.05, 4.69) is 5.32 Å². The highest BCUT2D eigenvalue weighted by atomic mass is 35.5. The van der Waals surface area contributed by atoms with Crippen molar-refractivity contribution in [2.24, 2.45) is 0 Å². The van der Waals surface area contributed by atoms with Crippen molar-refractivity contribution in [1.29, 1.82) is 0 Å². The molecular formula is C21H18Cl2N2O4S. The summed E-state index contributed by atoms with van der Waals surface area (Å²) in [6.45, 7) is 1.80. The summed E-state index contributed by atoms with van der Waals surface area (Å²) in [5, 5.41) is 13.0. The number of aromatic hydroxyl groups is 1. The quantitative estimate of drug-likeness (QED) is 0.515. The van der Waals surface area contributed by atoms with Gasteiger partial charge in [-0.15, -0.1) is 0 Å². The second kappa shape index (κ2) is 8.55.